The minimum Gasteiger partial charge on any atom is -0.495 e. The van der Waals surface area contributed by atoms with E-state index >= 15 is 0 Å². The molecule has 10 nitrogen and oxygen atoms in total. The van der Waals surface area contributed by atoms with E-state index in [4.69, 9.17) is 32.1 Å². The topological polar surface area (TPSA) is 127 Å². The van der Waals surface area contributed by atoms with Gasteiger partial charge in [0.05, 0.1) is 78.2 Å². The second-order valence-electron chi connectivity index (χ2n) is 23.8. The van der Waals surface area contributed by atoms with Crippen LogP contribution in [0.5, 0.6) is 23.0 Å². The highest BCUT2D eigenvalue weighted by Crippen LogP contribution is 2.68. The largest absolute Gasteiger partial charge is 0.495 e. The number of ketones is 2. The number of thiophene rings is 6. The summed E-state index contributed by atoms with van der Waals surface area (Å²) in [5, 5.41) is 20.4. The predicted molar refractivity (Wildman–Crippen MR) is 388 cm³/mol. The molecule has 0 spiro atoms. The van der Waals surface area contributed by atoms with Crippen LogP contribution in [-0.2, 0) is 11.2 Å². The number of nitriles is 2. The minimum atomic E-state index is -1.19. The summed E-state index contributed by atoms with van der Waals surface area (Å²) in [5.41, 5.74) is 10.6. The van der Waals surface area contributed by atoms with Crippen LogP contribution in [-0.4, -0.2) is 25.8 Å². The van der Waals surface area contributed by atoms with Crippen molar-refractivity contribution in [3.05, 3.63) is 303 Å². The van der Waals surface area contributed by atoms with E-state index in [1.807, 2.05) is 24.3 Å². The van der Waals surface area contributed by atoms with Crippen molar-refractivity contribution in [3.63, 3.8) is 0 Å². The van der Waals surface area contributed by atoms with Crippen LogP contribution in [0.2, 0.25) is 0 Å². The van der Waals surface area contributed by atoms with Gasteiger partial charge in [0.25, 0.3) is 11.4 Å². The number of Topliss-reactive ketones (excluding diaryl/α,β-unsaturated/α-hetero) is 2. The molecule has 4 aliphatic rings. The van der Waals surface area contributed by atoms with Gasteiger partial charge in [0.1, 0.15) is 11.5 Å². The zero-order chi connectivity index (χ0) is 66.1. The smallest absolute Gasteiger partial charge is 0.270 e. The molecule has 96 heavy (non-hydrogen) atoms. The van der Waals surface area contributed by atoms with Gasteiger partial charge in [0.15, 0.2) is 34.3 Å². The molecule has 16 rings (SSSR count). The Labute approximate surface area is 577 Å². The first-order chi connectivity index (χ1) is 46.7. The summed E-state index contributed by atoms with van der Waals surface area (Å²) in [6.45, 7) is 24.2. The normalized spacial score (nSPS) is 16.2. The summed E-state index contributed by atoms with van der Waals surface area (Å²) in [6.07, 6.45) is 3.57. The Balaban J connectivity index is 0.918. The summed E-state index contributed by atoms with van der Waals surface area (Å²) in [7, 11) is 3.29. The number of aryl methyl sites for hydroxylation is 4. The van der Waals surface area contributed by atoms with E-state index in [0.717, 1.165) is 116 Å². The lowest BCUT2D eigenvalue weighted by Crippen LogP contribution is -2.37. The van der Waals surface area contributed by atoms with E-state index in [1.165, 1.54) is 22.7 Å². The molecule has 0 atom stereocenters. The standard InChI is InChI=1S/C80H48N4O6S6/c1-41-17-25-45(26-18-41)79(46-27-19-42(2)20-28-46)57-37-63(73-61(87-7)35-49(91-73)33-55-65(59(39-81)83-5)51-13-9-11-15-53(51)67(55)85)93-71(57)75-69(89-79)77-78(95-75)70-76(96-77)72-58(80(90-70,47-29-21-43(3)22-30-47)48-31-23-44(4)24-32-48)38-64(94-72)74-62(88-8)36-50(92-74)34-56-66(60(40-82)84-6)52-14-10-12-16-54(52)68(56)86/h9-38H,1-4,7-8H3/b55-33-,56-34-,65-59-,66-60+. The van der Waals surface area contributed by atoms with Crippen LogP contribution in [0.4, 0.5) is 0 Å². The van der Waals surface area contributed by atoms with E-state index in [0.29, 0.717) is 54.7 Å². The predicted octanol–water partition coefficient (Wildman–Crippen LogP) is 21.4. The van der Waals surface area contributed by atoms with E-state index in [1.54, 1.807) is 108 Å². The number of carbonyl (C=O) groups is 2. The van der Waals surface area contributed by atoms with Gasteiger partial charge >= 0.3 is 0 Å². The van der Waals surface area contributed by atoms with Crippen molar-refractivity contribution in [3.8, 4) is 74.2 Å². The molecule has 460 valence electrons. The van der Waals surface area contributed by atoms with Crippen molar-refractivity contribution in [2.24, 2.45) is 0 Å². The van der Waals surface area contributed by atoms with E-state index in [2.05, 4.69) is 159 Å². The number of methoxy groups -OCH3 is 2. The van der Waals surface area contributed by atoms with Crippen LogP contribution in [0.1, 0.15) is 97.2 Å². The van der Waals surface area contributed by atoms with Gasteiger partial charge in [0, 0.05) is 86.3 Å². The number of rotatable bonds is 10. The maximum absolute atomic E-state index is 14.2. The lowest BCUT2D eigenvalue weighted by molar-refractivity contribution is 0.103. The van der Waals surface area contributed by atoms with Crippen molar-refractivity contribution >= 4 is 112 Å². The van der Waals surface area contributed by atoms with Crippen LogP contribution in [0.15, 0.2) is 192 Å². The third-order valence-electron chi connectivity index (χ3n) is 18.1. The van der Waals surface area contributed by atoms with Gasteiger partial charge in [-0.1, -0.05) is 168 Å². The third kappa shape index (κ3) is 9.06. The lowest BCUT2D eigenvalue weighted by Gasteiger charge is -2.39. The molecule has 0 unspecified atom stereocenters. The van der Waals surface area contributed by atoms with Crippen LogP contribution >= 0.6 is 68.0 Å². The number of hydrogen-bond acceptors (Lipinski definition) is 14. The molecule has 0 amide bonds. The monoisotopic (exact) mass is 1350 g/mol. The lowest BCUT2D eigenvalue weighted by atomic mass is 9.78. The highest BCUT2D eigenvalue weighted by molar-refractivity contribution is 7.36. The maximum atomic E-state index is 14.2. The van der Waals surface area contributed by atoms with Crippen LogP contribution in [0.3, 0.4) is 0 Å². The minimum absolute atomic E-state index is 0.148. The van der Waals surface area contributed by atoms with Crippen molar-refractivity contribution in [2.45, 2.75) is 38.9 Å². The molecule has 12 aromatic rings. The number of hydrogen-bond donors (Lipinski definition) is 0. The Kier molecular flexibility index (Phi) is 14.4. The first-order valence-corrected chi connectivity index (χ1v) is 35.3. The maximum Gasteiger partial charge on any atom is 0.270 e. The molecular weight excluding hydrogens is 1310 g/mol. The number of ether oxygens (including phenoxy) is 4. The molecule has 2 aliphatic carbocycles. The number of allylic oxidation sites excluding steroid dienone is 6. The molecule has 0 bridgehead atoms. The fraction of sp³-hybridized carbons (Fsp3) is 0.100. The molecule has 0 N–H and O–H groups in total. The highest BCUT2D eigenvalue weighted by Gasteiger charge is 2.52. The van der Waals surface area contributed by atoms with Crippen LogP contribution in [0, 0.1) is 63.5 Å². The van der Waals surface area contributed by atoms with Gasteiger partial charge < -0.3 is 18.9 Å². The number of carbonyl (C=O) groups excluding carboxylic acids is 2. The molecule has 0 saturated heterocycles. The average molecular weight is 1350 g/mol. The van der Waals surface area contributed by atoms with Gasteiger partial charge in [-0.15, -0.1) is 68.0 Å². The Morgan fingerprint density at radius 2 is 0.781 bits per heavy atom. The molecule has 6 aromatic heterocycles. The van der Waals surface area contributed by atoms with Gasteiger partial charge in [-0.05, 0) is 75.2 Å². The molecule has 6 aromatic carbocycles. The summed E-state index contributed by atoms with van der Waals surface area (Å²) < 4.78 is 30.5. The SMILES string of the molecule is [C-]#[N+]/C(C#N)=C1\C(=C\c2cc(OC)c(-c3cc4c(s3)-c3sc5c6c(sc5c3OC4(c3ccc(C)cc3)c3ccc(C)cc3)-c3sc(-c4sc(/C=C5\C(=O)c7ccccc7\C5=C(\C#N)[N+]#[C-])cc4OC)cc3C(c3ccc(C)cc3)(c3ccc(C)cc3)O6)s2)C(=O)c2ccccc21. The molecule has 8 heterocycles. The summed E-state index contributed by atoms with van der Waals surface area (Å²) in [6, 6.07) is 61.0. The molecule has 16 heteroatoms. The van der Waals surface area contributed by atoms with E-state index in [-0.39, 0.29) is 34.1 Å². The van der Waals surface area contributed by atoms with Gasteiger partial charge in [-0.25, -0.2) is 20.2 Å². The zero-order valence-electron chi connectivity index (χ0n) is 52.0. The number of fused-ring (bicyclic) bond motifs is 11. The van der Waals surface area contributed by atoms with Crippen molar-refractivity contribution in [1.82, 2.24) is 0 Å². The quantitative estimate of drug-likeness (QED) is 0.0752. The van der Waals surface area contributed by atoms with Gasteiger partial charge in [0.2, 0.25) is 0 Å². The second kappa shape index (κ2) is 23.0. The summed E-state index contributed by atoms with van der Waals surface area (Å²) in [5.74, 6) is 2.17. The second-order valence-corrected chi connectivity index (χ2v) is 30.1. The molecule has 0 saturated carbocycles. The summed E-state index contributed by atoms with van der Waals surface area (Å²) in [4.78, 5) is 44.5. The van der Waals surface area contributed by atoms with E-state index < -0.39 is 11.2 Å². The Morgan fingerprint density at radius 3 is 1.09 bits per heavy atom. The fourth-order valence-corrected chi connectivity index (χ4v) is 21.2. The van der Waals surface area contributed by atoms with Gasteiger partial charge in [-0.3, -0.25) is 9.59 Å². The summed E-state index contributed by atoms with van der Waals surface area (Å²) >= 11 is 9.58. The van der Waals surface area contributed by atoms with Crippen molar-refractivity contribution < 1.29 is 28.5 Å². The number of benzene rings is 6. The zero-order valence-corrected chi connectivity index (χ0v) is 56.9. The fourth-order valence-electron chi connectivity index (χ4n) is 13.5. The van der Waals surface area contributed by atoms with Crippen molar-refractivity contribution in [2.75, 3.05) is 14.2 Å². The van der Waals surface area contributed by atoms with Crippen LogP contribution in [0.25, 0.3) is 81.4 Å². The molecular formula is C80H48N4O6S6. The van der Waals surface area contributed by atoms with E-state index in [9.17, 15) is 20.1 Å². The highest BCUT2D eigenvalue weighted by atomic mass is 32.1. The Morgan fingerprint density at radius 1 is 0.448 bits per heavy atom. The average Bonchev–Trinajstić information content (AvgIpc) is 1.47. The first kappa shape index (κ1) is 60.2. The Bertz CT molecular complexity index is 5220. The third-order valence-corrected chi connectivity index (χ3v) is 25.7. The van der Waals surface area contributed by atoms with Crippen LogP contribution < -0.4 is 18.9 Å². The Hall–Kier alpha value is -10.8. The molecule has 0 radical (unpaired) electrons. The molecule has 0 fully saturated rings. The molecule has 2 aliphatic heterocycles. The first-order valence-electron chi connectivity index (χ1n) is 30.4. The number of nitrogens with zero attached hydrogens (tertiary/aromatic N) is 4. The van der Waals surface area contributed by atoms with Gasteiger partial charge in [-0.2, -0.15) is 0 Å². The van der Waals surface area contributed by atoms with Crippen molar-refractivity contribution in [1.29, 1.82) is 10.5 Å².